The van der Waals surface area contributed by atoms with Crippen molar-refractivity contribution in [2.45, 2.75) is 50.0 Å². The Kier molecular flexibility index (Phi) is 4.61. The minimum Gasteiger partial charge on any atom is -0.342 e. The van der Waals surface area contributed by atoms with Crippen molar-refractivity contribution in [2.75, 3.05) is 13.1 Å². The van der Waals surface area contributed by atoms with Gasteiger partial charge in [0.25, 0.3) is 0 Å². The Bertz CT molecular complexity index is 592. The molecule has 0 unspecified atom stereocenters. The molecule has 0 aromatic carbocycles. The molecule has 1 saturated heterocycles. The van der Waals surface area contributed by atoms with Crippen molar-refractivity contribution in [3.8, 4) is 0 Å². The number of nitrogens with two attached hydrogens (primary N) is 1. The number of hydrogen-bond acceptors (Lipinski definition) is 3. The number of fused-ring (bicyclic) bond motifs is 3. The van der Waals surface area contributed by atoms with Crippen molar-refractivity contribution < 1.29 is 26.4 Å². The number of likely N-dealkylation sites (tertiary alicyclic amines) is 1. The minimum absolute atomic E-state index is 0.165. The largest absolute Gasteiger partial charge is 0.392 e. The van der Waals surface area contributed by atoms with E-state index in [4.69, 9.17) is 5.14 Å². The fourth-order valence-electron chi connectivity index (χ4n) is 4.89. The van der Waals surface area contributed by atoms with Crippen molar-refractivity contribution in [1.82, 2.24) is 4.90 Å². The summed E-state index contributed by atoms with van der Waals surface area (Å²) >= 11 is 0. The summed E-state index contributed by atoms with van der Waals surface area (Å²) in [5.41, 5.74) is 0. The SMILES string of the molecule is NS(=O)(=O)C1CCN(C(=O)[C@H]2C3CCC(CC3)[C@@H]2C(F)(F)F)CC1. The average molecular weight is 368 g/mol. The molecule has 2 bridgehead atoms. The van der Waals surface area contributed by atoms with E-state index in [1.807, 2.05) is 0 Å². The molecular weight excluding hydrogens is 345 g/mol. The number of carbonyl (C=O) groups excluding carboxylic acids is 1. The lowest BCUT2D eigenvalue weighted by Crippen LogP contribution is -2.55. The van der Waals surface area contributed by atoms with Crippen molar-refractivity contribution in [2.24, 2.45) is 28.8 Å². The van der Waals surface area contributed by atoms with E-state index in [-0.39, 0.29) is 31.8 Å². The predicted molar refractivity (Wildman–Crippen MR) is 81.2 cm³/mol. The molecule has 0 aromatic heterocycles. The topological polar surface area (TPSA) is 80.5 Å². The number of primary sulfonamides is 1. The van der Waals surface area contributed by atoms with E-state index < -0.39 is 45.1 Å². The highest BCUT2D eigenvalue weighted by Gasteiger charge is 2.58. The van der Waals surface area contributed by atoms with Crippen LogP contribution in [0, 0.1) is 23.7 Å². The lowest BCUT2D eigenvalue weighted by Gasteiger charge is -2.49. The highest BCUT2D eigenvalue weighted by Crippen LogP contribution is 2.55. The highest BCUT2D eigenvalue weighted by molar-refractivity contribution is 7.89. The van der Waals surface area contributed by atoms with Crippen LogP contribution in [-0.2, 0) is 14.8 Å². The molecule has 9 heteroatoms. The van der Waals surface area contributed by atoms with Gasteiger partial charge in [-0.25, -0.2) is 13.6 Å². The van der Waals surface area contributed by atoms with E-state index in [0.29, 0.717) is 25.7 Å². The van der Waals surface area contributed by atoms with Crippen LogP contribution >= 0.6 is 0 Å². The summed E-state index contributed by atoms with van der Waals surface area (Å²) in [5, 5.41) is 4.42. The van der Waals surface area contributed by atoms with Gasteiger partial charge in [-0.1, -0.05) is 0 Å². The van der Waals surface area contributed by atoms with Crippen molar-refractivity contribution in [3.05, 3.63) is 0 Å². The molecule has 1 amide bonds. The number of piperidine rings is 1. The van der Waals surface area contributed by atoms with Crippen LogP contribution in [-0.4, -0.2) is 43.7 Å². The first-order valence-electron chi connectivity index (χ1n) is 8.46. The van der Waals surface area contributed by atoms with Crippen LogP contribution in [0.1, 0.15) is 38.5 Å². The van der Waals surface area contributed by atoms with Crippen molar-refractivity contribution in [1.29, 1.82) is 0 Å². The Labute approximate surface area is 139 Å². The maximum absolute atomic E-state index is 13.5. The predicted octanol–water partition coefficient (Wildman–Crippen LogP) is 1.88. The fourth-order valence-corrected chi connectivity index (χ4v) is 5.76. The normalized spacial score (nSPS) is 35.2. The van der Waals surface area contributed by atoms with E-state index in [1.54, 1.807) is 0 Å². The molecule has 2 N–H and O–H groups in total. The number of sulfonamides is 1. The molecule has 4 aliphatic rings. The number of amides is 1. The second-order valence-electron chi connectivity index (χ2n) is 7.38. The van der Waals surface area contributed by atoms with Gasteiger partial charge in [0.05, 0.1) is 17.1 Å². The Morgan fingerprint density at radius 2 is 1.46 bits per heavy atom. The van der Waals surface area contributed by atoms with Gasteiger partial charge in [-0.05, 0) is 50.4 Å². The summed E-state index contributed by atoms with van der Waals surface area (Å²) < 4.78 is 63.3. The quantitative estimate of drug-likeness (QED) is 0.808. The third-order valence-corrected chi connectivity index (χ3v) is 7.50. The molecule has 0 aromatic rings. The standard InChI is InChI=1S/C15H23F3N2O3S/c16-15(17,18)13-10-3-1-9(2-4-10)12(13)14(21)20-7-5-11(6-8-20)24(19,22)23/h9-13H,1-8H2,(H2,19,22,23)/t9?,10?,12-,13-/m0/s1. The highest BCUT2D eigenvalue weighted by atomic mass is 32.2. The van der Waals surface area contributed by atoms with Crippen LogP contribution in [0.3, 0.4) is 0 Å². The first kappa shape index (κ1) is 18.0. The Morgan fingerprint density at radius 3 is 1.92 bits per heavy atom. The summed E-state index contributed by atoms with van der Waals surface area (Å²) in [6, 6.07) is 0. The molecular formula is C15H23F3N2O3S. The Hall–Kier alpha value is -0.830. The van der Waals surface area contributed by atoms with Gasteiger partial charge in [0.2, 0.25) is 15.9 Å². The van der Waals surface area contributed by atoms with E-state index in [2.05, 4.69) is 0 Å². The van der Waals surface area contributed by atoms with Crippen molar-refractivity contribution in [3.63, 3.8) is 0 Å². The van der Waals surface area contributed by atoms with Gasteiger partial charge in [-0.15, -0.1) is 0 Å². The summed E-state index contributed by atoms with van der Waals surface area (Å²) in [6.07, 6.45) is -1.51. The van der Waals surface area contributed by atoms with Crippen LogP contribution in [0.4, 0.5) is 13.2 Å². The fraction of sp³-hybridized carbons (Fsp3) is 0.933. The average Bonchev–Trinajstić information content (AvgIpc) is 2.53. The van der Waals surface area contributed by atoms with Crippen LogP contribution in [0.5, 0.6) is 0 Å². The molecule has 0 spiro atoms. The zero-order valence-corrected chi connectivity index (χ0v) is 14.2. The second-order valence-corrected chi connectivity index (χ2v) is 9.23. The molecule has 3 saturated carbocycles. The number of rotatable bonds is 2. The van der Waals surface area contributed by atoms with Gasteiger partial charge in [-0.2, -0.15) is 13.2 Å². The number of nitrogens with zero attached hydrogens (tertiary/aromatic N) is 1. The van der Waals surface area contributed by atoms with Crippen LogP contribution in [0.2, 0.25) is 0 Å². The minimum atomic E-state index is -4.36. The lowest BCUT2D eigenvalue weighted by molar-refractivity contribution is -0.231. The molecule has 2 atom stereocenters. The van der Waals surface area contributed by atoms with E-state index in [0.717, 1.165) is 0 Å². The molecule has 3 aliphatic carbocycles. The van der Waals surface area contributed by atoms with Crippen LogP contribution in [0.25, 0.3) is 0 Å². The molecule has 138 valence electrons. The molecule has 1 heterocycles. The maximum Gasteiger partial charge on any atom is 0.392 e. The third kappa shape index (κ3) is 3.29. The lowest BCUT2D eigenvalue weighted by atomic mass is 9.58. The van der Waals surface area contributed by atoms with E-state index in [1.165, 1.54) is 4.90 Å². The second kappa shape index (κ2) is 6.16. The van der Waals surface area contributed by atoms with Crippen LogP contribution < -0.4 is 5.14 Å². The van der Waals surface area contributed by atoms with Gasteiger partial charge in [-0.3, -0.25) is 4.79 Å². The van der Waals surface area contributed by atoms with Crippen molar-refractivity contribution >= 4 is 15.9 Å². The first-order chi connectivity index (χ1) is 11.1. The molecule has 0 radical (unpaired) electrons. The van der Waals surface area contributed by atoms with Gasteiger partial charge < -0.3 is 4.90 Å². The first-order valence-corrected chi connectivity index (χ1v) is 10.1. The Morgan fingerprint density at radius 1 is 0.958 bits per heavy atom. The van der Waals surface area contributed by atoms with Gasteiger partial charge >= 0.3 is 6.18 Å². The maximum atomic E-state index is 13.5. The third-order valence-electron chi connectivity index (χ3n) is 6.10. The summed E-state index contributed by atoms with van der Waals surface area (Å²) in [7, 11) is -3.66. The molecule has 5 nitrogen and oxygen atoms in total. The number of alkyl halides is 3. The summed E-state index contributed by atoms with van der Waals surface area (Å²) in [6.45, 7) is 0.330. The van der Waals surface area contributed by atoms with Gasteiger partial charge in [0, 0.05) is 13.1 Å². The number of hydrogen-bond donors (Lipinski definition) is 1. The Balaban J connectivity index is 1.74. The zero-order valence-electron chi connectivity index (χ0n) is 13.3. The summed E-state index contributed by atoms with van der Waals surface area (Å²) in [5.74, 6) is -3.65. The van der Waals surface area contributed by atoms with Gasteiger partial charge in [0.15, 0.2) is 0 Å². The number of carbonyl (C=O) groups is 1. The summed E-state index contributed by atoms with van der Waals surface area (Å²) in [4.78, 5) is 14.2. The monoisotopic (exact) mass is 368 g/mol. The number of halogens is 3. The molecule has 1 aliphatic heterocycles. The smallest absolute Gasteiger partial charge is 0.342 e. The van der Waals surface area contributed by atoms with E-state index in [9.17, 15) is 26.4 Å². The zero-order chi connectivity index (χ0) is 17.7. The van der Waals surface area contributed by atoms with E-state index >= 15 is 0 Å². The molecule has 4 fully saturated rings. The molecule has 24 heavy (non-hydrogen) atoms. The molecule has 4 rings (SSSR count). The van der Waals surface area contributed by atoms with Crippen LogP contribution in [0.15, 0.2) is 0 Å². The van der Waals surface area contributed by atoms with Gasteiger partial charge in [0.1, 0.15) is 0 Å².